The predicted molar refractivity (Wildman–Crippen MR) is 66.8 cm³/mol. The summed E-state index contributed by atoms with van der Waals surface area (Å²) in [6.07, 6.45) is 0. The number of rotatable bonds is 1. The molecule has 76 valence electrons. The van der Waals surface area contributed by atoms with Crippen LogP contribution in [0.15, 0.2) is 40.9 Å². The van der Waals surface area contributed by atoms with Crippen molar-refractivity contribution in [1.82, 2.24) is 4.98 Å². The quantitative estimate of drug-likeness (QED) is 0.753. The van der Waals surface area contributed by atoms with Gasteiger partial charge in [0.05, 0.1) is 11.4 Å². The first-order valence-electron chi connectivity index (χ1n) is 4.87. The van der Waals surface area contributed by atoms with Crippen molar-refractivity contribution in [3.8, 4) is 11.3 Å². The lowest BCUT2D eigenvalue weighted by atomic mass is 10.1. The molecule has 1 aromatic carbocycles. The minimum Gasteiger partial charge on any atom is -0.252 e. The van der Waals surface area contributed by atoms with Gasteiger partial charge in [0.25, 0.3) is 0 Å². The van der Waals surface area contributed by atoms with Gasteiger partial charge in [-0.2, -0.15) is 0 Å². The summed E-state index contributed by atoms with van der Waals surface area (Å²) in [5, 5.41) is 0. The first-order valence-corrected chi connectivity index (χ1v) is 5.66. The van der Waals surface area contributed by atoms with E-state index >= 15 is 0 Å². The Morgan fingerprint density at radius 2 is 1.87 bits per heavy atom. The Morgan fingerprint density at radius 3 is 2.53 bits per heavy atom. The van der Waals surface area contributed by atoms with Gasteiger partial charge in [0, 0.05) is 10.0 Å². The highest BCUT2D eigenvalue weighted by atomic mass is 79.9. The molecule has 0 saturated carbocycles. The van der Waals surface area contributed by atoms with E-state index in [1.54, 1.807) is 0 Å². The molecule has 2 aromatic rings. The molecule has 0 fully saturated rings. The molecule has 0 aliphatic carbocycles. The van der Waals surface area contributed by atoms with E-state index < -0.39 is 0 Å². The lowest BCUT2D eigenvalue weighted by Crippen LogP contribution is -1.88. The Kier molecular flexibility index (Phi) is 2.87. The number of benzene rings is 1. The third-order valence-electron chi connectivity index (χ3n) is 2.34. The van der Waals surface area contributed by atoms with Crippen molar-refractivity contribution in [3.63, 3.8) is 0 Å². The van der Waals surface area contributed by atoms with Gasteiger partial charge in [-0.05, 0) is 48.0 Å². The van der Waals surface area contributed by atoms with Crippen LogP contribution in [-0.2, 0) is 0 Å². The number of hydrogen-bond donors (Lipinski definition) is 0. The molecular formula is C13H12BrN. The van der Waals surface area contributed by atoms with Crippen LogP contribution >= 0.6 is 15.9 Å². The molecule has 15 heavy (non-hydrogen) atoms. The van der Waals surface area contributed by atoms with Crippen LogP contribution in [0.3, 0.4) is 0 Å². The molecule has 0 saturated heterocycles. The van der Waals surface area contributed by atoms with Crippen molar-refractivity contribution in [2.45, 2.75) is 13.8 Å². The normalized spacial score (nSPS) is 10.3. The smallest absolute Gasteiger partial charge is 0.0706 e. The highest BCUT2D eigenvalue weighted by Crippen LogP contribution is 2.22. The van der Waals surface area contributed by atoms with Gasteiger partial charge >= 0.3 is 0 Å². The zero-order valence-corrected chi connectivity index (χ0v) is 10.4. The van der Waals surface area contributed by atoms with Crippen LogP contribution in [0.5, 0.6) is 0 Å². The van der Waals surface area contributed by atoms with Crippen LogP contribution in [0, 0.1) is 13.8 Å². The summed E-state index contributed by atoms with van der Waals surface area (Å²) in [5.74, 6) is 0. The minimum atomic E-state index is 1.02. The summed E-state index contributed by atoms with van der Waals surface area (Å²) in [7, 11) is 0. The van der Waals surface area contributed by atoms with Crippen molar-refractivity contribution in [1.29, 1.82) is 0 Å². The van der Waals surface area contributed by atoms with Gasteiger partial charge < -0.3 is 0 Å². The van der Waals surface area contributed by atoms with Gasteiger partial charge in [-0.3, -0.25) is 4.98 Å². The highest BCUT2D eigenvalue weighted by Gasteiger charge is 2.01. The minimum absolute atomic E-state index is 1.02. The van der Waals surface area contributed by atoms with Crippen molar-refractivity contribution in [2.24, 2.45) is 0 Å². The Hall–Kier alpha value is -1.15. The summed E-state index contributed by atoms with van der Waals surface area (Å²) in [4.78, 5) is 4.54. The van der Waals surface area contributed by atoms with Crippen LogP contribution < -0.4 is 0 Å². The fourth-order valence-corrected chi connectivity index (χ4v) is 1.73. The first-order chi connectivity index (χ1) is 7.16. The van der Waals surface area contributed by atoms with Crippen LogP contribution in [0.25, 0.3) is 11.3 Å². The maximum Gasteiger partial charge on any atom is 0.0706 e. The second-order valence-corrected chi connectivity index (χ2v) is 4.49. The second-order valence-electron chi connectivity index (χ2n) is 3.63. The van der Waals surface area contributed by atoms with Crippen LogP contribution in [-0.4, -0.2) is 4.98 Å². The maximum atomic E-state index is 4.54. The molecule has 0 aliphatic rings. The molecule has 0 aliphatic heterocycles. The van der Waals surface area contributed by atoms with Gasteiger partial charge in [0.15, 0.2) is 0 Å². The average Bonchev–Trinajstić information content (AvgIpc) is 2.22. The number of aromatic nitrogens is 1. The van der Waals surface area contributed by atoms with E-state index in [-0.39, 0.29) is 0 Å². The van der Waals surface area contributed by atoms with Crippen molar-refractivity contribution >= 4 is 15.9 Å². The van der Waals surface area contributed by atoms with E-state index in [4.69, 9.17) is 0 Å². The molecule has 1 aromatic heterocycles. The predicted octanol–water partition coefficient (Wildman–Crippen LogP) is 4.13. The number of pyridine rings is 1. The number of hydrogen-bond acceptors (Lipinski definition) is 1. The van der Waals surface area contributed by atoms with Crippen LogP contribution in [0.4, 0.5) is 0 Å². The fraction of sp³-hybridized carbons (Fsp3) is 0.154. The molecule has 0 bridgehead atoms. The van der Waals surface area contributed by atoms with E-state index in [9.17, 15) is 0 Å². The number of nitrogens with zero attached hydrogens (tertiary/aromatic N) is 1. The van der Waals surface area contributed by atoms with Gasteiger partial charge in [-0.25, -0.2) is 0 Å². The standard InChI is InChI=1S/C13H12BrN/c1-9-4-3-5-11(8-9)13-7-6-12(14)10(2)15-13/h3-8H,1-2H3. The average molecular weight is 262 g/mol. The van der Waals surface area contributed by atoms with Gasteiger partial charge in [-0.1, -0.05) is 23.8 Å². The monoisotopic (exact) mass is 261 g/mol. The van der Waals surface area contributed by atoms with Crippen LogP contribution in [0.1, 0.15) is 11.3 Å². The summed E-state index contributed by atoms with van der Waals surface area (Å²) < 4.78 is 1.05. The van der Waals surface area contributed by atoms with E-state index in [0.717, 1.165) is 15.9 Å². The molecule has 1 nitrogen and oxygen atoms in total. The lowest BCUT2D eigenvalue weighted by Gasteiger charge is -2.04. The summed E-state index contributed by atoms with van der Waals surface area (Å²) in [5.41, 5.74) is 4.48. The molecule has 0 N–H and O–H groups in total. The van der Waals surface area contributed by atoms with E-state index in [0.29, 0.717) is 0 Å². The molecule has 0 spiro atoms. The van der Waals surface area contributed by atoms with E-state index in [2.05, 4.69) is 52.1 Å². The lowest BCUT2D eigenvalue weighted by molar-refractivity contribution is 1.18. The molecule has 0 unspecified atom stereocenters. The summed E-state index contributed by atoms with van der Waals surface area (Å²) in [6.45, 7) is 4.10. The third-order valence-corrected chi connectivity index (χ3v) is 3.17. The fourth-order valence-electron chi connectivity index (χ4n) is 1.51. The molecule has 1 heterocycles. The Balaban J connectivity index is 2.50. The first kappa shape index (κ1) is 10.4. The molecule has 0 amide bonds. The molecule has 0 atom stereocenters. The Morgan fingerprint density at radius 1 is 1.07 bits per heavy atom. The van der Waals surface area contributed by atoms with Crippen molar-refractivity contribution in [3.05, 3.63) is 52.1 Å². The van der Waals surface area contributed by atoms with Crippen molar-refractivity contribution < 1.29 is 0 Å². The molecular weight excluding hydrogens is 250 g/mol. The van der Waals surface area contributed by atoms with Crippen molar-refractivity contribution in [2.75, 3.05) is 0 Å². The Bertz CT molecular complexity index is 492. The zero-order chi connectivity index (χ0) is 10.8. The van der Waals surface area contributed by atoms with Crippen LogP contribution in [0.2, 0.25) is 0 Å². The SMILES string of the molecule is Cc1cccc(-c2ccc(Br)c(C)n2)c1. The summed E-state index contributed by atoms with van der Waals surface area (Å²) >= 11 is 3.45. The number of halogens is 1. The third kappa shape index (κ3) is 2.26. The van der Waals surface area contributed by atoms with E-state index in [1.807, 2.05) is 19.1 Å². The Labute approximate surface area is 98.3 Å². The largest absolute Gasteiger partial charge is 0.252 e. The topological polar surface area (TPSA) is 12.9 Å². The number of aryl methyl sites for hydroxylation is 2. The summed E-state index contributed by atoms with van der Waals surface area (Å²) in [6, 6.07) is 12.5. The molecule has 2 rings (SSSR count). The zero-order valence-electron chi connectivity index (χ0n) is 8.79. The maximum absolute atomic E-state index is 4.54. The van der Waals surface area contributed by atoms with Gasteiger partial charge in [0.2, 0.25) is 0 Å². The van der Waals surface area contributed by atoms with E-state index in [1.165, 1.54) is 11.1 Å². The van der Waals surface area contributed by atoms with Gasteiger partial charge in [0.1, 0.15) is 0 Å². The highest BCUT2D eigenvalue weighted by molar-refractivity contribution is 9.10. The molecule has 0 radical (unpaired) electrons. The van der Waals surface area contributed by atoms with Gasteiger partial charge in [-0.15, -0.1) is 0 Å². The molecule has 2 heteroatoms. The second kappa shape index (κ2) is 4.15.